The number of nitrogens with zero attached hydrogens (tertiary/aromatic N) is 2. The van der Waals surface area contributed by atoms with Gasteiger partial charge < -0.3 is 5.32 Å². The average molecular weight is 371 g/mol. The van der Waals surface area contributed by atoms with Crippen LogP contribution < -0.4 is 5.32 Å². The second-order valence-electron chi connectivity index (χ2n) is 6.75. The molecule has 1 amide bonds. The molecule has 0 radical (unpaired) electrons. The van der Waals surface area contributed by atoms with Crippen LogP contribution in [-0.4, -0.2) is 15.9 Å². The van der Waals surface area contributed by atoms with Crippen LogP contribution in [-0.2, 0) is 0 Å². The normalized spacial score (nSPS) is 13.6. The number of thiazole rings is 1. The molecule has 27 heavy (non-hydrogen) atoms. The van der Waals surface area contributed by atoms with Crippen LogP contribution in [0.4, 0.5) is 5.69 Å². The number of rotatable bonds is 4. The third-order valence-electron chi connectivity index (χ3n) is 4.80. The number of para-hydroxylation sites is 1. The molecule has 1 N–H and O–H groups in total. The quantitative estimate of drug-likeness (QED) is 0.516. The van der Waals surface area contributed by atoms with Gasteiger partial charge in [0.2, 0.25) is 0 Å². The molecule has 0 aliphatic heterocycles. The maximum absolute atomic E-state index is 13.0. The Morgan fingerprint density at radius 2 is 1.89 bits per heavy atom. The number of benzene rings is 2. The highest BCUT2D eigenvalue weighted by molar-refractivity contribution is 7.13. The van der Waals surface area contributed by atoms with E-state index in [0.29, 0.717) is 11.5 Å². The summed E-state index contributed by atoms with van der Waals surface area (Å²) < 4.78 is 0. The molecule has 1 fully saturated rings. The van der Waals surface area contributed by atoms with Crippen LogP contribution in [0.3, 0.4) is 0 Å². The number of anilines is 1. The van der Waals surface area contributed by atoms with Crippen molar-refractivity contribution < 1.29 is 4.79 Å². The molecular weight excluding hydrogens is 354 g/mol. The monoisotopic (exact) mass is 371 g/mol. The number of fused-ring (bicyclic) bond motifs is 1. The lowest BCUT2D eigenvalue weighted by atomic mass is 10.1. The number of amides is 1. The summed E-state index contributed by atoms with van der Waals surface area (Å²) in [5.41, 5.74) is 4.41. The Balaban J connectivity index is 1.45. The van der Waals surface area contributed by atoms with Gasteiger partial charge in [-0.05, 0) is 49.2 Å². The zero-order chi connectivity index (χ0) is 18.2. The minimum Gasteiger partial charge on any atom is -0.322 e. The van der Waals surface area contributed by atoms with Crippen LogP contribution in [0, 0.1) is 0 Å². The van der Waals surface area contributed by atoms with E-state index in [1.807, 2.05) is 60.0 Å². The van der Waals surface area contributed by atoms with Crippen molar-refractivity contribution in [3.8, 4) is 10.6 Å². The van der Waals surface area contributed by atoms with E-state index in [1.165, 1.54) is 0 Å². The fraction of sp³-hybridized carbons (Fsp3) is 0.136. The lowest BCUT2D eigenvalue weighted by Gasteiger charge is -2.10. The predicted octanol–water partition coefficient (Wildman–Crippen LogP) is 5.49. The van der Waals surface area contributed by atoms with Gasteiger partial charge in [-0.15, -0.1) is 11.3 Å². The summed E-state index contributed by atoms with van der Waals surface area (Å²) in [5.74, 6) is 0.399. The van der Waals surface area contributed by atoms with Crippen LogP contribution in [0.25, 0.3) is 21.5 Å². The van der Waals surface area contributed by atoms with Gasteiger partial charge in [0.15, 0.2) is 0 Å². The zero-order valence-corrected chi connectivity index (χ0v) is 15.4. The third-order valence-corrected chi connectivity index (χ3v) is 5.62. The average Bonchev–Trinajstić information content (AvgIpc) is 3.42. The number of pyridine rings is 1. The van der Waals surface area contributed by atoms with Crippen LogP contribution >= 0.6 is 11.3 Å². The van der Waals surface area contributed by atoms with Crippen molar-refractivity contribution in [2.24, 2.45) is 0 Å². The van der Waals surface area contributed by atoms with Crippen LogP contribution in [0.5, 0.6) is 0 Å². The molecule has 1 aliphatic carbocycles. The number of nitrogens with one attached hydrogen (secondary N) is 1. The third kappa shape index (κ3) is 3.22. The maximum Gasteiger partial charge on any atom is 0.256 e. The molecule has 2 aromatic carbocycles. The van der Waals surface area contributed by atoms with Crippen molar-refractivity contribution >= 4 is 33.8 Å². The minimum absolute atomic E-state index is 0.0995. The van der Waals surface area contributed by atoms with Gasteiger partial charge in [0.25, 0.3) is 5.91 Å². The highest BCUT2D eigenvalue weighted by atomic mass is 32.1. The van der Waals surface area contributed by atoms with Gasteiger partial charge in [-0.3, -0.25) is 9.78 Å². The molecule has 5 heteroatoms. The first-order chi connectivity index (χ1) is 13.3. The van der Waals surface area contributed by atoms with E-state index in [9.17, 15) is 4.79 Å². The van der Waals surface area contributed by atoms with Crippen LogP contribution in [0.2, 0.25) is 0 Å². The Morgan fingerprint density at radius 3 is 2.63 bits per heavy atom. The fourth-order valence-electron chi connectivity index (χ4n) is 3.23. The smallest absolute Gasteiger partial charge is 0.256 e. The molecular formula is C22H17N3OS. The van der Waals surface area contributed by atoms with Gasteiger partial charge in [0.05, 0.1) is 11.1 Å². The molecule has 5 rings (SSSR count). The number of hydrogen-bond donors (Lipinski definition) is 1. The van der Waals surface area contributed by atoms with E-state index >= 15 is 0 Å². The Hall–Kier alpha value is -3.05. The number of aromatic nitrogens is 2. The van der Waals surface area contributed by atoms with Gasteiger partial charge >= 0.3 is 0 Å². The summed E-state index contributed by atoms with van der Waals surface area (Å²) >= 11 is 1.60. The van der Waals surface area contributed by atoms with Crippen molar-refractivity contribution in [1.29, 1.82) is 0 Å². The highest BCUT2D eigenvalue weighted by Crippen LogP contribution is 2.40. The van der Waals surface area contributed by atoms with Gasteiger partial charge in [-0.25, -0.2) is 4.98 Å². The molecule has 2 aromatic heterocycles. The molecule has 0 saturated heterocycles. The van der Waals surface area contributed by atoms with Gasteiger partial charge in [-0.1, -0.05) is 18.2 Å². The van der Waals surface area contributed by atoms with Gasteiger partial charge in [0.1, 0.15) is 5.01 Å². The van der Waals surface area contributed by atoms with Crippen LogP contribution in [0.1, 0.15) is 34.8 Å². The van der Waals surface area contributed by atoms with E-state index in [0.717, 1.165) is 45.7 Å². The summed E-state index contributed by atoms with van der Waals surface area (Å²) in [6.07, 6.45) is 4.11. The summed E-state index contributed by atoms with van der Waals surface area (Å²) in [7, 11) is 0. The topological polar surface area (TPSA) is 54.9 Å². The fourth-order valence-corrected chi connectivity index (χ4v) is 3.88. The Bertz CT molecular complexity index is 1120. The van der Waals surface area contributed by atoms with E-state index < -0.39 is 0 Å². The van der Waals surface area contributed by atoms with E-state index in [1.54, 1.807) is 17.5 Å². The Kier molecular flexibility index (Phi) is 3.94. The summed E-state index contributed by atoms with van der Waals surface area (Å²) in [5, 5.41) is 6.84. The van der Waals surface area contributed by atoms with Crippen molar-refractivity contribution in [1.82, 2.24) is 9.97 Å². The lowest BCUT2D eigenvalue weighted by Crippen LogP contribution is -2.13. The molecule has 132 valence electrons. The first kappa shape index (κ1) is 16.1. The SMILES string of the molecule is O=C(Nc1ccc(-c2nccs2)cc1)c1cc(C2CC2)nc2ccccc12. The zero-order valence-electron chi connectivity index (χ0n) is 14.6. The maximum atomic E-state index is 13.0. The van der Waals surface area contributed by atoms with E-state index in [4.69, 9.17) is 4.98 Å². The molecule has 0 bridgehead atoms. The first-order valence-corrected chi connectivity index (χ1v) is 9.87. The predicted molar refractivity (Wildman–Crippen MR) is 109 cm³/mol. The molecule has 0 atom stereocenters. The molecule has 2 heterocycles. The number of carbonyl (C=O) groups is 1. The number of carbonyl (C=O) groups excluding carboxylic acids is 1. The second-order valence-corrected chi connectivity index (χ2v) is 7.65. The Morgan fingerprint density at radius 1 is 1.07 bits per heavy atom. The molecule has 4 nitrogen and oxygen atoms in total. The first-order valence-electron chi connectivity index (χ1n) is 8.99. The molecule has 1 saturated carbocycles. The van der Waals surface area contributed by atoms with E-state index in [-0.39, 0.29) is 5.91 Å². The van der Waals surface area contributed by atoms with Crippen molar-refractivity contribution in [3.63, 3.8) is 0 Å². The Labute approximate surface area is 160 Å². The van der Waals surface area contributed by atoms with Crippen LogP contribution in [0.15, 0.2) is 66.2 Å². The summed E-state index contributed by atoms with van der Waals surface area (Å²) in [6, 6.07) is 17.6. The molecule has 1 aliphatic rings. The van der Waals surface area contributed by atoms with Gasteiger partial charge in [0, 0.05) is 39.8 Å². The van der Waals surface area contributed by atoms with Gasteiger partial charge in [-0.2, -0.15) is 0 Å². The standard InChI is InChI=1S/C22H17N3OS/c26-21(24-16-9-7-15(8-10-16)22-23-11-12-27-22)18-13-20(14-5-6-14)25-19-4-2-1-3-17(18)19/h1-4,7-14H,5-6H2,(H,24,26). The molecule has 4 aromatic rings. The summed E-state index contributed by atoms with van der Waals surface area (Å²) in [4.78, 5) is 22.0. The summed E-state index contributed by atoms with van der Waals surface area (Å²) in [6.45, 7) is 0. The minimum atomic E-state index is -0.0995. The second kappa shape index (κ2) is 6.59. The van der Waals surface area contributed by atoms with Crippen molar-refractivity contribution in [2.45, 2.75) is 18.8 Å². The highest BCUT2D eigenvalue weighted by Gasteiger charge is 2.27. The molecule has 0 spiro atoms. The largest absolute Gasteiger partial charge is 0.322 e. The van der Waals surface area contributed by atoms with Crippen molar-refractivity contribution in [3.05, 3.63) is 77.4 Å². The van der Waals surface area contributed by atoms with E-state index in [2.05, 4.69) is 10.3 Å². The lowest BCUT2D eigenvalue weighted by molar-refractivity contribution is 0.102. The number of hydrogen-bond acceptors (Lipinski definition) is 4. The molecule has 0 unspecified atom stereocenters. The van der Waals surface area contributed by atoms with Crippen molar-refractivity contribution in [2.75, 3.05) is 5.32 Å².